The van der Waals surface area contributed by atoms with Gasteiger partial charge < -0.3 is 20.2 Å². The summed E-state index contributed by atoms with van der Waals surface area (Å²) in [5, 5.41) is 0. The Labute approximate surface area is 187 Å². The summed E-state index contributed by atoms with van der Waals surface area (Å²) >= 11 is 0. The predicted molar refractivity (Wildman–Crippen MR) is 120 cm³/mol. The highest BCUT2D eigenvalue weighted by Crippen LogP contribution is 2.26. The summed E-state index contributed by atoms with van der Waals surface area (Å²) in [4.78, 5) is 6.62. The molecule has 2 aromatic rings. The van der Waals surface area contributed by atoms with Gasteiger partial charge in [0, 0.05) is 5.56 Å². The van der Waals surface area contributed by atoms with E-state index in [4.69, 9.17) is 10.6 Å². The molecule has 2 rings (SSSR count). The van der Waals surface area contributed by atoms with Crippen molar-refractivity contribution >= 4 is 6.08 Å². The molecule has 9 heteroatoms. The third kappa shape index (κ3) is 7.96. The van der Waals surface area contributed by atoms with E-state index in [2.05, 4.69) is 35.0 Å². The van der Waals surface area contributed by atoms with Crippen LogP contribution < -0.4 is 10.6 Å². The molecule has 0 bridgehead atoms. The largest absolute Gasteiger partial charge is 0.573 e. The number of hydrogen-bond donors (Lipinski definition) is 1. The number of benzene rings is 1. The Morgan fingerprint density at radius 1 is 1.25 bits per heavy atom. The lowest BCUT2D eigenvalue weighted by Gasteiger charge is -2.20. The van der Waals surface area contributed by atoms with Gasteiger partial charge in [-0.05, 0) is 75.8 Å². The van der Waals surface area contributed by atoms with Gasteiger partial charge in [0.25, 0.3) is 0 Å². The monoisotopic (exact) mass is 452 g/mol. The van der Waals surface area contributed by atoms with E-state index in [9.17, 15) is 13.2 Å². The van der Waals surface area contributed by atoms with E-state index < -0.39 is 6.36 Å². The minimum absolute atomic E-state index is 0.0355. The van der Waals surface area contributed by atoms with Gasteiger partial charge in [-0.15, -0.1) is 13.2 Å². The van der Waals surface area contributed by atoms with Crippen LogP contribution in [-0.2, 0) is 4.74 Å². The van der Waals surface area contributed by atoms with Gasteiger partial charge in [0.1, 0.15) is 11.5 Å². The van der Waals surface area contributed by atoms with Gasteiger partial charge in [-0.25, -0.2) is 9.66 Å². The Bertz CT molecular complexity index is 888. The van der Waals surface area contributed by atoms with E-state index in [-0.39, 0.29) is 11.9 Å². The minimum Gasteiger partial charge on any atom is -0.491 e. The molecule has 0 amide bonds. The third-order valence-corrected chi connectivity index (χ3v) is 4.96. The quantitative estimate of drug-likeness (QED) is 0.272. The lowest BCUT2D eigenvalue weighted by Crippen LogP contribution is -2.24. The summed E-state index contributed by atoms with van der Waals surface area (Å²) < 4.78 is 48.0. The van der Waals surface area contributed by atoms with Crippen molar-refractivity contribution in [3.8, 4) is 17.0 Å². The molecule has 6 nitrogen and oxygen atoms in total. The molecule has 1 unspecified atom stereocenters. The molecule has 0 spiro atoms. The fourth-order valence-electron chi connectivity index (χ4n) is 3.21. The summed E-state index contributed by atoms with van der Waals surface area (Å²) in [6.07, 6.45) is 2.18. The molecule has 0 radical (unpaired) electrons. The van der Waals surface area contributed by atoms with Crippen molar-refractivity contribution in [1.29, 1.82) is 0 Å². The number of ether oxygens (including phenoxy) is 2. The SMILES string of the molecule is C=C(/C=C\c1ncc(-c2ccc(OC(F)(F)F)cc2)n1N)OC(C)CCCN(CC)CC. The predicted octanol–water partition coefficient (Wildman–Crippen LogP) is 5.22. The summed E-state index contributed by atoms with van der Waals surface area (Å²) in [6, 6.07) is 5.42. The number of rotatable bonds is 12. The zero-order valence-corrected chi connectivity index (χ0v) is 18.7. The third-order valence-electron chi connectivity index (χ3n) is 4.96. The van der Waals surface area contributed by atoms with Crippen molar-refractivity contribution in [2.75, 3.05) is 25.5 Å². The molecular weight excluding hydrogens is 421 g/mol. The molecule has 0 aliphatic heterocycles. The van der Waals surface area contributed by atoms with Gasteiger partial charge in [-0.1, -0.05) is 20.4 Å². The lowest BCUT2D eigenvalue weighted by molar-refractivity contribution is -0.274. The number of imidazole rings is 1. The van der Waals surface area contributed by atoms with Gasteiger partial charge in [0.05, 0.1) is 18.0 Å². The molecular formula is C23H31F3N4O2. The van der Waals surface area contributed by atoms with Crippen LogP contribution in [0.2, 0.25) is 0 Å². The highest BCUT2D eigenvalue weighted by atomic mass is 19.4. The van der Waals surface area contributed by atoms with Crippen molar-refractivity contribution in [3.63, 3.8) is 0 Å². The molecule has 0 saturated heterocycles. The number of halogens is 3. The van der Waals surface area contributed by atoms with Crippen LogP contribution in [0.5, 0.6) is 5.75 Å². The van der Waals surface area contributed by atoms with Crippen LogP contribution in [0, 0.1) is 0 Å². The summed E-state index contributed by atoms with van der Waals surface area (Å²) in [5.41, 5.74) is 1.14. The van der Waals surface area contributed by atoms with Crippen LogP contribution in [-0.4, -0.2) is 46.7 Å². The maximum atomic E-state index is 12.3. The average molecular weight is 453 g/mol. The van der Waals surface area contributed by atoms with Crippen LogP contribution >= 0.6 is 0 Å². The van der Waals surface area contributed by atoms with Crippen molar-refractivity contribution in [2.24, 2.45) is 0 Å². The molecule has 0 aliphatic carbocycles. The first kappa shape index (κ1) is 25.3. The van der Waals surface area contributed by atoms with E-state index in [1.807, 2.05) is 6.92 Å². The Balaban J connectivity index is 1.92. The Kier molecular flexibility index (Phi) is 9.19. The maximum absolute atomic E-state index is 12.3. The minimum atomic E-state index is -4.73. The summed E-state index contributed by atoms with van der Waals surface area (Å²) in [6.45, 7) is 13.4. The number of hydrogen-bond acceptors (Lipinski definition) is 5. The van der Waals surface area contributed by atoms with E-state index in [0.717, 1.165) is 32.5 Å². The number of nitrogens with zero attached hydrogens (tertiary/aromatic N) is 3. The standard InChI is InChI=1S/C23H31F3N4O2/c1-5-29(6-2)15-7-8-17(3)31-18(4)9-14-22-28-16-21(30(22)27)19-10-12-20(13-11-19)32-23(24,25)26/h9-14,16-17H,4-8,15,27H2,1-3H3/b14-9-. The lowest BCUT2D eigenvalue weighted by atomic mass is 10.1. The van der Waals surface area contributed by atoms with Crippen LogP contribution in [0.1, 0.15) is 39.4 Å². The molecule has 0 saturated carbocycles. The second-order valence-electron chi connectivity index (χ2n) is 7.34. The van der Waals surface area contributed by atoms with E-state index in [0.29, 0.717) is 22.8 Å². The normalized spacial score (nSPS) is 13.0. The van der Waals surface area contributed by atoms with Crippen molar-refractivity contribution < 1.29 is 22.6 Å². The zero-order chi connectivity index (χ0) is 23.7. The van der Waals surface area contributed by atoms with Crippen molar-refractivity contribution in [2.45, 2.75) is 46.1 Å². The average Bonchev–Trinajstić information content (AvgIpc) is 3.09. The van der Waals surface area contributed by atoms with Gasteiger partial charge in [0.15, 0.2) is 5.82 Å². The zero-order valence-electron chi connectivity index (χ0n) is 18.7. The molecule has 1 atom stereocenters. The van der Waals surface area contributed by atoms with Gasteiger partial charge in [-0.3, -0.25) is 0 Å². The highest BCUT2D eigenvalue weighted by molar-refractivity contribution is 5.62. The number of alkyl halides is 3. The summed E-state index contributed by atoms with van der Waals surface area (Å²) in [7, 11) is 0. The van der Waals surface area contributed by atoms with Crippen LogP contribution in [0.3, 0.4) is 0 Å². The second-order valence-corrected chi connectivity index (χ2v) is 7.34. The van der Waals surface area contributed by atoms with E-state index >= 15 is 0 Å². The summed E-state index contributed by atoms with van der Waals surface area (Å²) in [5.74, 6) is 6.75. The number of nitrogens with two attached hydrogens (primary N) is 1. The Hall–Kier alpha value is -2.94. The molecule has 176 valence electrons. The molecule has 1 heterocycles. The van der Waals surface area contributed by atoms with Crippen molar-refractivity contribution in [1.82, 2.24) is 14.6 Å². The van der Waals surface area contributed by atoms with Crippen molar-refractivity contribution in [3.05, 3.63) is 54.7 Å². The fraction of sp³-hybridized carbons (Fsp3) is 0.435. The van der Waals surface area contributed by atoms with Gasteiger partial charge >= 0.3 is 6.36 Å². The van der Waals surface area contributed by atoms with Gasteiger partial charge in [-0.2, -0.15) is 0 Å². The Morgan fingerprint density at radius 2 is 1.91 bits per heavy atom. The second kappa shape index (κ2) is 11.6. The Morgan fingerprint density at radius 3 is 2.50 bits per heavy atom. The van der Waals surface area contributed by atoms with Crippen LogP contribution in [0.25, 0.3) is 17.3 Å². The number of nitrogen functional groups attached to an aromatic ring is 1. The molecule has 1 aromatic heterocycles. The first-order chi connectivity index (χ1) is 15.1. The first-order valence-corrected chi connectivity index (χ1v) is 10.6. The topological polar surface area (TPSA) is 65.5 Å². The molecule has 0 fully saturated rings. The smallest absolute Gasteiger partial charge is 0.491 e. The molecule has 1 aromatic carbocycles. The molecule has 2 N–H and O–H groups in total. The maximum Gasteiger partial charge on any atom is 0.573 e. The first-order valence-electron chi connectivity index (χ1n) is 10.6. The number of aromatic nitrogens is 2. The highest BCUT2D eigenvalue weighted by Gasteiger charge is 2.31. The number of allylic oxidation sites excluding steroid dienone is 1. The molecule has 0 aliphatic rings. The fourth-order valence-corrected chi connectivity index (χ4v) is 3.21. The van der Waals surface area contributed by atoms with Gasteiger partial charge in [0.2, 0.25) is 0 Å². The van der Waals surface area contributed by atoms with Crippen LogP contribution in [0.4, 0.5) is 13.2 Å². The van der Waals surface area contributed by atoms with E-state index in [1.165, 1.54) is 28.9 Å². The van der Waals surface area contributed by atoms with E-state index in [1.54, 1.807) is 18.3 Å². The molecule has 32 heavy (non-hydrogen) atoms. The van der Waals surface area contributed by atoms with Crippen LogP contribution in [0.15, 0.2) is 48.9 Å².